The fraction of sp³-hybridized carbons (Fsp3) is 0.692. The highest BCUT2D eigenvalue weighted by Crippen LogP contribution is 2.09. The number of nitrogens with zero attached hydrogens (tertiary/aromatic N) is 2. The number of carbonyl (C=O) groups is 1. The van der Waals surface area contributed by atoms with Crippen LogP contribution in [0.5, 0.6) is 0 Å². The van der Waals surface area contributed by atoms with E-state index in [1.54, 1.807) is 17.1 Å². The van der Waals surface area contributed by atoms with Gasteiger partial charge in [0.05, 0.1) is 11.8 Å². The van der Waals surface area contributed by atoms with Crippen molar-refractivity contribution < 1.29 is 9.90 Å². The van der Waals surface area contributed by atoms with E-state index in [-0.39, 0.29) is 12.5 Å². The number of nitrogens with one attached hydrogen (secondary N) is 1. The Morgan fingerprint density at radius 1 is 1.50 bits per heavy atom. The molecule has 0 saturated heterocycles. The molecule has 1 heterocycles. The maximum Gasteiger partial charge on any atom is 0.254 e. The van der Waals surface area contributed by atoms with E-state index in [1.807, 2.05) is 6.92 Å². The summed E-state index contributed by atoms with van der Waals surface area (Å²) in [6, 6.07) is 0. The van der Waals surface area contributed by atoms with Crippen molar-refractivity contribution in [2.45, 2.75) is 39.7 Å². The van der Waals surface area contributed by atoms with Crippen LogP contribution in [0.25, 0.3) is 0 Å². The van der Waals surface area contributed by atoms with Crippen LogP contribution in [0.2, 0.25) is 0 Å². The van der Waals surface area contributed by atoms with Crippen LogP contribution in [0.15, 0.2) is 12.4 Å². The Morgan fingerprint density at radius 3 is 2.83 bits per heavy atom. The van der Waals surface area contributed by atoms with Gasteiger partial charge in [0.25, 0.3) is 5.91 Å². The number of amides is 1. The highest BCUT2D eigenvalue weighted by atomic mass is 16.3. The first-order chi connectivity index (χ1) is 8.71. The number of hydrogen-bond donors (Lipinski definition) is 2. The molecule has 0 aliphatic rings. The molecule has 0 aliphatic heterocycles. The average Bonchev–Trinajstić information content (AvgIpc) is 2.85. The lowest BCUT2D eigenvalue weighted by Crippen LogP contribution is -2.29. The summed E-state index contributed by atoms with van der Waals surface area (Å²) in [6.07, 6.45) is 6.15. The second kappa shape index (κ2) is 7.87. The number of aromatic nitrogens is 2. The SMILES string of the molecule is CCCC(CCO)CNC(=O)c1cnn(CC)c1. The van der Waals surface area contributed by atoms with Gasteiger partial charge in [0.1, 0.15) is 0 Å². The maximum atomic E-state index is 11.9. The van der Waals surface area contributed by atoms with Crippen molar-refractivity contribution in [3.05, 3.63) is 18.0 Å². The van der Waals surface area contributed by atoms with Gasteiger partial charge < -0.3 is 10.4 Å². The van der Waals surface area contributed by atoms with Crippen molar-refractivity contribution in [2.24, 2.45) is 5.92 Å². The molecule has 1 aromatic rings. The standard InChI is InChI=1S/C13H23N3O2/c1-3-5-11(6-7-17)8-14-13(18)12-9-15-16(4-2)10-12/h9-11,17H,3-8H2,1-2H3,(H,14,18). The monoisotopic (exact) mass is 253 g/mol. The normalized spacial score (nSPS) is 12.4. The van der Waals surface area contributed by atoms with Gasteiger partial charge in [-0.3, -0.25) is 9.48 Å². The molecule has 102 valence electrons. The smallest absolute Gasteiger partial charge is 0.254 e. The van der Waals surface area contributed by atoms with Crippen LogP contribution >= 0.6 is 0 Å². The van der Waals surface area contributed by atoms with Crippen molar-refractivity contribution in [3.8, 4) is 0 Å². The second-order valence-corrected chi connectivity index (χ2v) is 4.46. The van der Waals surface area contributed by atoms with E-state index in [9.17, 15) is 4.79 Å². The fourth-order valence-corrected chi connectivity index (χ4v) is 1.93. The molecule has 2 N–H and O–H groups in total. The summed E-state index contributed by atoms with van der Waals surface area (Å²) in [5, 5.41) is 15.9. The minimum absolute atomic E-state index is 0.0891. The van der Waals surface area contributed by atoms with Crippen LogP contribution in [-0.2, 0) is 6.54 Å². The molecule has 0 aromatic carbocycles. The first-order valence-electron chi connectivity index (χ1n) is 6.62. The van der Waals surface area contributed by atoms with Crippen LogP contribution in [0.4, 0.5) is 0 Å². The third-order valence-electron chi connectivity index (χ3n) is 3.00. The highest BCUT2D eigenvalue weighted by molar-refractivity contribution is 5.93. The molecule has 1 atom stereocenters. The Morgan fingerprint density at radius 2 is 2.28 bits per heavy atom. The highest BCUT2D eigenvalue weighted by Gasteiger charge is 2.12. The summed E-state index contributed by atoms with van der Waals surface area (Å²) in [5.74, 6) is 0.263. The largest absolute Gasteiger partial charge is 0.396 e. The number of hydrogen-bond acceptors (Lipinski definition) is 3. The van der Waals surface area contributed by atoms with E-state index in [4.69, 9.17) is 5.11 Å². The van der Waals surface area contributed by atoms with Gasteiger partial charge >= 0.3 is 0 Å². The Bertz CT molecular complexity index is 357. The molecular weight excluding hydrogens is 230 g/mol. The van der Waals surface area contributed by atoms with E-state index >= 15 is 0 Å². The zero-order valence-corrected chi connectivity index (χ0v) is 11.2. The molecule has 0 fully saturated rings. The molecule has 1 unspecified atom stereocenters. The predicted octanol–water partition coefficient (Wildman–Crippen LogP) is 1.43. The Balaban J connectivity index is 2.43. The molecule has 1 rings (SSSR count). The molecular formula is C13H23N3O2. The van der Waals surface area contributed by atoms with Gasteiger partial charge in [-0.05, 0) is 25.7 Å². The zero-order chi connectivity index (χ0) is 13.4. The molecule has 5 nitrogen and oxygen atoms in total. The van der Waals surface area contributed by atoms with E-state index in [1.165, 1.54) is 0 Å². The third kappa shape index (κ3) is 4.49. The van der Waals surface area contributed by atoms with Crippen LogP contribution in [0.3, 0.4) is 0 Å². The van der Waals surface area contributed by atoms with Crippen molar-refractivity contribution in [1.29, 1.82) is 0 Å². The number of carbonyl (C=O) groups excluding carboxylic acids is 1. The molecule has 1 aromatic heterocycles. The molecule has 0 saturated carbocycles. The fourth-order valence-electron chi connectivity index (χ4n) is 1.93. The summed E-state index contributed by atoms with van der Waals surface area (Å²) in [5.41, 5.74) is 0.594. The first-order valence-corrected chi connectivity index (χ1v) is 6.62. The van der Waals surface area contributed by atoms with E-state index in [2.05, 4.69) is 17.3 Å². The number of aryl methyl sites for hydroxylation is 1. The summed E-state index contributed by atoms with van der Waals surface area (Å²) in [6.45, 7) is 5.64. The maximum absolute atomic E-state index is 11.9. The van der Waals surface area contributed by atoms with Crippen LogP contribution in [0.1, 0.15) is 43.5 Å². The van der Waals surface area contributed by atoms with E-state index in [0.717, 1.165) is 25.8 Å². The van der Waals surface area contributed by atoms with Gasteiger partial charge in [0, 0.05) is 25.9 Å². The van der Waals surface area contributed by atoms with Crippen molar-refractivity contribution in [2.75, 3.05) is 13.2 Å². The molecule has 5 heteroatoms. The minimum Gasteiger partial charge on any atom is -0.396 e. The second-order valence-electron chi connectivity index (χ2n) is 4.46. The summed E-state index contributed by atoms with van der Waals surface area (Å²) in [4.78, 5) is 11.9. The molecule has 0 bridgehead atoms. The van der Waals surface area contributed by atoms with Gasteiger partial charge in [0.15, 0.2) is 0 Å². The van der Waals surface area contributed by atoms with Gasteiger partial charge in [-0.2, -0.15) is 5.10 Å². The number of aliphatic hydroxyl groups is 1. The van der Waals surface area contributed by atoms with E-state index < -0.39 is 0 Å². The molecule has 0 spiro atoms. The zero-order valence-electron chi connectivity index (χ0n) is 11.2. The topological polar surface area (TPSA) is 67.2 Å². The molecule has 18 heavy (non-hydrogen) atoms. The summed E-state index contributed by atoms with van der Waals surface area (Å²) in [7, 11) is 0. The van der Waals surface area contributed by atoms with E-state index in [0.29, 0.717) is 18.0 Å². The lowest BCUT2D eigenvalue weighted by atomic mass is 10.0. The Labute approximate surface area is 108 Å². The average molecular weight is 253 g/mol. The molecule has 1 amide bonds. The molecule has 0 radical (unpaired) electrons. The van der Waals surface area contributed by atoms with Gasteiger partial charge in [-0.1, -0.05) is 13.3 Å². The lowest BCUT2D eigenvalue weighted by molar-refractivity contribution is 0.0943. The van der Waals surface area contributed by atoms with Gasteiger partial charge in [0.2, 0.25) is 0 Å². The number of rotatable bonds is 8. The first kappa shape index (κ1) is 14.7. The summed E-state index contributed by atoms with van der Waals surface area (Å²) >= 11 is 0. The van der Waals surface area contributed by atoms with Crippen molar-refractivity contribution in [3.63, 3.8) is 0 Å². The molecule has 0 aliphatic carbocycles. The van der Waals surface area contributed by atoms with Crippen LogP contribution in [0, 0.1) is 5.92 Å². The van der Waals surface area contributed by atoms with Crippen molar-refractivity contribution >= 4 is 5.91 Å². The van der Waals surface area contributed by atoms with Crippen LogP contribution in [-0.4, -0.2) is 33.9 Å². The van der Waals surface area contributed by atoms with Crippen molar-refractivity contribution in [1.82, 2.24) is 15.1 Å². The lowest BCUT2D eigenvalue weighted by Gasteiger charge is -2.15. The minimum atomic E-state index is -0.0891. The number of aliphatic hydroxyl groups excluding tert-OH is 1. The Kier molecular flexibility index (Phi) is 6.43. The van der Waals surface area contributed by atoms with Gasteiger partial charge in [-0.25, -0.2) is 0 Å². The predicted molar refractivity (Wildman–Crippen MR) is 70.3 cm³/mol. The third-order valence-corrected chi connectivity index (χ3v) is 3.00. The van der Waals surface area contributed by atoms with Gasteiger partial charge in [-0.15, -0.1) is 0 Å². The Hall–Kier alpha value is -1.36. The van der Waals surface area contributed by atoms with Crippen LogP contribution < -0.4 is 5.32 Å². The summed E-state index contributed by atoms with van der Waals surface area (Å²) < 4.78 is 1.73. The quantitative estimate of drug-likeness (QED) is 0.736.